The first-order valence-electron chi connectivity index (χ1n) is 6.32. The van der Waals surface area contributed by atoms with Crippen LogP contribution in [0, 0.1) is 17.1 Å². The smallest absolute Gasteiger partial charge is 0.146 e. The van der Waals surface area contributed by atoms with E-state index < -0.39 is 0 Å². The van der Waals surface area contributed by atoms with Crippen LogP contribution < -0.4 is 10.2 Å². The summed E-state index contributed by atoms with van der Waals surface area (Å²) in [6.07, 6.45) is 3.04. The maximum Gasteiger partial charge on any atom is 0.146 e. The monoisotopic (exact) mass is 247 g/mol. The molecule has 1 N–H and O–H groups in total. The third-order valence-corrected chi connectivity index (χ3v) is 3.19. The lowest BCUT2D eigenvalue weighted by Crippen LogP contribution is -2.33. The molecule has 0 spiro atoms. The van der Waals surface area contributed by atoms with E-state index in [1.54, 1.807) is 12.1 Å². The Morgan fingerprint density at radius 1 is 1.50 bits per heavy atom. The Morgan fingerprint density at radius 3 is 2.83 bits per heavy atom. The fourth-order valence-electron chi connectivity index (χ4n) is 1.92. The van der Waals surface area contributed by atoms with Gasteiger partial charge in [0.25, 0.3) is 0 Å². The summed E-state index contributed by atoms with van der Waals surface area (Å²) >= 11 is 0. The van der Waals surface area contributed by atoms with E-state index in [1.165, 1.54) is 18.9 Å². The van der Waals surface area contributed by atoms with Crippen LogP contribution in [-0.4, -0.2) is 25.7 Å². The Bertz CT molecular complexity index is 437. The number of benzene rings is 1. The summed E-state index contributed by atoms with van der Waals surface area (Å²) in [4.78, 5) is 1.86. The van der Waals surface area contributed by atoms with E-state index in [4.69, 9.17) is 5.26 Å². The molecule has 1 aliphatic carbocycles. The molecular formula is C14H18FN3. The highest BCUT2D eigenvalue weighted by Gasteiger charge is 2.24. The molecule has 0 aromatic heterocycles. The summed E-state index contributed by atoms with van der Waals surface area (Å²) in [6, 6.07) is 9.36. The average Bonchev–Trinajstić information content (AvgIpc) is 3.18. The van der Waals surface area contributed by atoms with Gasteiger partial charge in [-0.1, -0.05) is 12.1 Å². The summed E-state index contributed by atoms with van der Waals surface area (Å²) in [6.45, 7) is 0.666. The first kappa shape index (κ1) is 12.8. The van der Waals surface area contributed by atoms with Crippen LogP contribution in [0.2, 0.25) is 0 Å². The highest BCUT2D eigenvalue weighted by molar-refractivity contribution is 5.46. The van der Waals surface area contributed by atoms with Gasteiger partial charge in [-0.2, -0.15) is 5.26 Å². The van der Waals surface area contributed by atoms with Crippen LogP contribution in [0.5, 0.6) is 0 Å². The minimum Gasteiger partial charge on any atom is -0.372 e. The lowest BCUT2D eigenvalue weighted by atomic mass is 10.2. The predicted molar refractivity (Wildman–Crippen MR) is 69.8 cm³/mol. The second kappa shape index (κ2) is 5.83. The zero-order valence-corrected chi connectivity index (χ0v) is 10.6. The molecule has 18 heavy (non-hydrogen) atoms. The number of nitrogens with zero attached hydrogens (tertiary/aromatic N) is 2. The van der Waals surface area contributed by atoms with Crippen molar-refractivity contribution < 1.29 is 4.39 Å². The molecule has 0 saturated heterocycles. The maximum atomic E-state index is 13.5. The van der Waals surface area contributed by atoms with E-state index in [1.807, 2.05) is 18.0 Å². The van der Waals surface area contributed by atoms with Crippen molar-refractivity contribution in [3.63, 3.8) is 0 Å². The van der Waals surface area contributed by atoms with Crippen molar-refractivity contribution in [2.75, 3.05) is 18.5 Å². The number of nitriles is 1. The molecule has 2 rings (SSSR count). The van der Waals surface area contributed by atoms with E-state index in [-0.39, 0.29) is 11.9 Å². The van der Waals surface area contributed by atoms with Crippen LogP contribution in [0.1, 0.15) is 19.3 Å². The molecule has 1 saturated carbocycles. The van der Waals surface area contributed by atoms with Crippen molar-refractivity contribution in [1.29, 1.82) is 5.26 Å². The van der Waals surface area contributed by atoms with Gasteiger partial charge in [0, 0.05) is 19.6 Å². The zero-order valence-electron chi connectivity index (χ0n) is 10.6. The summed E-state index contributed by atoms with van der Waals surface area (Å²) in [5.74, 6) is -0.219. The van der Waals surface area contributed by atoms with Gasteiger partial charge in [-0.3, -0.25) is 5.32 Å². The van der Waals surface area contributed by atoms with Crippen LogP contribution in [0.3, 0.4) is 0 Å². The van der Waals surface area contributed by atoms with Gasteiger partial charge < -0.3 is 4.90 Å². The van der Waals surface area contributed by atoms with E-state index in [0.29, 0.717) is 24.7 Å². The van der Waals surface area contributed by atoms with Gasteiger partial charge in [0.1, 0.15) is 5.82 Å². The molecule has 3 nitrogen and oxygen atoms in total. The van der Waals surface area contributed by atoms with Gasteiger partial charge in [-0.05, 0) is 31.4 Å². The molecule has 96 valence electrons. The molecule has 1 unspecified atom stereocenters. The Kier molecular flexibility index (Phi) is 4.16. The predicted octanol–water partition coefficient (Wildman–Crippen LogP) is 2.30. The molecule has 1 aromatic rings. The number of nitrogens with one attached hydrogen (secondary N) is 1. The zero-order chi connectivity index (χ0) is 13.0. The SMILES string of the molecule is CN(CCC(C#N)NC1CC1)c1ccccc1F. The molecule has 1 aromatic carbocycles. The molecule has 0 heterocycles. The van der Waals surface area contributed by atoms with Crippen LogP contribution in [0.15, 0.2) is 24.3 Å². The number of para-hydroxylation sites is 1. The first-order chi connectivity index (χ1) is 8.70. The molecule has 1 aliphatic rings. The summed E-state index contributed by atoms with van der Waals surface area (Å²) in [5.41, 5.74) is 0.584. The normalized spacial score (nSPS) is 16.1. The Balaban J connectivity index is 1.85. The standard InChI is InChI=1S/C14H18FN3/c1-18(14-5-3-2-4-13(14)15)9-8-12(10-16)17-11-6-7-11/h2-5,11-12,17H,6-9H2,1H3. The van der Waals surface area contributed by atoms with Gasteiger partial charge in [0.2, 0.25) is 0 Å². The molecule has 0 aliphatic heterocycles. The number of rotatable bonds is 6. The van der Waals surface area contributed by atoms with Gasteiger partial charge >= 0.3 is 0 Å². The minimum atomic E-state index is -0.219. The third-order valence-electron chi connectivity index (χ3n) is 3.19. The van der Waals surface area contributed by atoms with Gasteiger partial charge in [0.15, 0.2) is 0 Å². The lowest BCUT2D eigenvalue weighted by Gasteiger charge is -2.21. The minimum absolute atomic E-state index is 0.133. The first-order valence-corrected chi connectivity index (χ1v) is 6.32. The van der Waals surface area contributed by atoms with Crippen molar-refractivity contribution >= 4 is 5.69 Å². The highest BCUT2D eigenvalue weighted by Crippen LogP contribution is 2.21. The lowest BCUT2D eigenvalue weighted by molar-refractivity contribution is 0.557. The summed E-state index contributed by atoms with van der Waals surface area (Å²) < 4.78 is 13.5. The van der Waals surface area contributed by atoms with Crippen LogP contribution in [-0.2, 0) is 0 Å². The van der Waals surface area contributed by atoms with Crippen molar-refractivity contribution in [2.45, 2.75) is 31.3 Å². The maximum absolute atomic E-state index is 13.5. The molecule has 0 amide bonds. The second-order valence-electron chi connectivity index (χ2n) is 4.78. The van der Waals surface area contributed by atoms with E-state index in [9.17, 15) is 4.39 Å². The second-order valence-corrected chi connectivity index (χ2v) is 4.78. The van der Waals surface area contributed by atoms with Crippen LogP contribution >= 0.6 is 0 Å². The molecule has 0 bridgehead atoms. The summed E-state index contributed by atoms with van der Waals surface area (Å²) in [7, 11) is 1.85. The van der Waals surface area contributed by atoms with Gasteiger partial charge in [-0.15, -0.1) is 0 Å². The van der Waals surface area contributed by atoms with Crippen LogP contribution in [0.25, 0.3) is 0 Å². The van der Waals surface area contributed by atoms with Crippen molar-refractivity contribution in [2.24, 2.45) is 0 Å². The fraction of sp³-hybridized carbons (Fsp3) is 0.500. The number of hydrogen-bond acceptors (Lipinski definition) is 3. The molecular weight excluding hydrogens is 229 g/mol. The molecule has 4 heteroatoms. The quantitative estimate of drug-likeness (QED) is 0.838. The van der Waals surface area contributed by atoms with Crippen molar-refractivity contribution in [3.05, 3.63) is 30.1 Å². The highest BCUT2D eigenvalue weighted by atomic mass is 19.1. The molecule has 1 atom stereocenters. The van der Waals surface area contributed by atoms with E-state index in [0.717, 1.165) is 0 Å². The Hall–Kier alpha value is -1.60. The third kappa shape index (κ3) is 3.44. The van der Waals surface area contributed by atoms with E-state index in [2.05, 4.69) is 11.4 Å². The van der Waals surface area contributed by atoms with Crippen LogP contribution in [0.4, 0.5) is 10.1 Å². The summed E-state index contributed by atoms with van der Waals surface area (Å²) in [5, 5.41) is 12.3. The van der Waals surface area contributed by atoms with Crippen molar-refractivity contribution in [1.82, 2.24) is 5.32 Å². The largest absolute Gasteiger partial charge is 0.372 e. The molecule has 1 fully saturated rings. The van der Waals surface area contributed by atoms with Gasteiger partial charge in [-0.25, -0.2) is 4.39 Å². The van der Waals surface area contributed by atoms with Crippen molar-refractivity contribution in [3.8, 4) is 6.07 Å². The Morgan fingerprint density at radius 2 is 2.22 bits per heavy atom. The number of anilines is 1. The van der Waals surface area contributed by atoms with E-state index >= 15 is 0 Å². The topological polar surface area (TPSA) is 39.1 Å². The number of hydrogen-bond donors (Lipinski definition) is 1. The average molecular weight is 247 g/mol. The fourth-order valence-corrected chi connectivity index (χ4v) is 1.92. The van der Waals surface area contributed by atoms with Gasteiger partial charge in [0.05, 0.1) is 17.8 Å². The Labute approximate surface area is 107 Å². The molecule has 0 radical (unpaired) electrons. The number of halogens is 1.